The van der Waals surface area contributed by atoms with Gasteiger partial charge in [-0.2, -0.15) is 0 Å². The zero-order chi connectivity index (χ0) is 13.9. The molecule has 0 saturated carbocycles. The van der Waals surface area contributed by atoms with Gasteiger partial charge in [0.25, 0.3) is 0 Å². The Morgan fingerprint density at radius 1 is 1.05 bits per heavy atom. The minimum atomic E-state index is 0.250. The molecule has 2 heteroatoms. The van der Waals surface area contributed by atoms with Crippen LogP contribution in [0.1, 0.15) is 20.8 Å². The summed E-state index contributed by atoms with van der Waals surface area (Å²) < 4.78 is 5.96. The molecule has 19 heavy (non-hydrogen) atoms. The Hall–Kier alpha value is -1.02. The molecule has 0 aliphatic rings. The number of rotatable bonds is 4. The van der Waals surface area contributed by atoms with Gasteiger partial charge in [0.05, 0.1) is 6.61 Å². The summed E-state index contributed by atoms with van der Waals surface area (Å²) in [5.41, 5.74) is 0.250. The molecule has 0 radical (unpaired) electrons. The van der Waals surface area contributed by atoms with Gasteiger partial charge in [0.1, 0.15) is 5.75 Å². The number of hydrogen-bond acceptors (Lipinski definition) is 1. The molecule has 0 aromatic heterocycles. The standard InChI is InChI=1S/C17H21BrO/c1-17(2,3)15(11-18)12-19-16-9-8-13-6-4-5-7-14(13)10-16/h4-10,15H,11-12H2,1-3H3. The van der Waals surface area contributed by atoms with Crippen LogP contribution in [0.5, 0.6) is 5.75 Å². The van der Waals surface area contributed by atoms with E-state index in [1.165, 1.54) is 10.8 Å². The highest BCUT2D eigenvalue weighted by Crippen LogP contribution is 2.29. The van der Waals surface area contributed by atoms with Crippen molar-refractivity contribution in [1.29, 1.82) is 0 Å². The van der Waals surface area contributed by atoms with Gasteiger partial charge in [-0.1, -0.05) is 67.0 Å². The van der Waals surface area contributed by atoms with Crippen molar-refractivity contribution in [3.05, 3.63) is 42.5 Å². The minimum absolute atomic E-state index is 0.250. The number of benzene rings is 2. The zero-order valence-electron chi connectivity index (χ0n) is 11.8. The molecule has 2 aromatic carbocycles. The van der Waals surface area contributed by atoms with E-state index in [0.29, 0.717) is 5.92 Å². The largest absolute Gasteiger partial charge is 0.493 e. The summed E-state index contributed by atoms with van der Waals surface area (Å²) in [6.07, 6.45) is 0. The summed E-state index contributed by atoms with van der Waals surface area (Å²) in [5.74, 6) is 1.45. The van der Waals surface area contributed by atoms with Gasteiger partial charge in [0, 0.05) is 11.2 Å². The molecule has 1 nitrogen and oxygen atoms in total. The lowest BCUT2D eigenvalue weighted by atomic mass is 9.83. The van der Waals surface area contributed by atoms with Crippen molar-refractivity contribution in [2.75, 3.05) is 11.9 Å². The van der Waals surface area contributed by atoms with Gasteiger partial charge in [-0.15, -0.1) is 0 Å². The maximum absolute atomic E-state index is 5.96. The van der Waals surface area contributed by atoms with Crippen LogP contribution in [0.4, 0.5) is 0 Å². The zero-order valence-corrected chi connectivity index (χ0v) is 13.4. The maximum atomic E-state index is 5.96. The molecule has 0 bridgehead atoms. The van der Waals surface area contributed by atoms with Crippen molar-refractivity contribution in [3.63, 3.8) is 0 Å². The first-order chi connectivity index (χ1) is 9.00. The molecule has 0 amide bonds. The lowest BCUT2D eigenvalue weighted by molar-refractivity contribution is 0.166. The summed E-state index contributed by atoms with van der Waals surface area (Å²) in [7, 11) is 0. The Labute approximate surface area is 124 Å². The van der Waals surface area contributed by atoms with Crippen LogP contribution in [-0.2, 0) is 0 Å². The molecular formula is C17H21BrO. The van der Waals surface area contributed by atoms with Gasteiger partial charge < -0.3 is 4.74 Å². The average Bonchev–Trinajstić information content (AvgIpc) is 2.37. The Bertz CT molecular complexity index is 542. The van der Waals surface area contributed by atoms with Crippen molar-refractivity contribution < 1.29 is 4.74 Å². The van der Waals surface area contributed by atoms with E-state index in [0.717, 1.165) is 17.7 Å². The SMILES string of the molecule is CC(C)(C)C(CBr)COc1ccc2ccccc2c1. The number of fused-ring (bicyclic) bond motifs is 1. The topological polar surface area (TPSA) is 9.23 Å². The Kier molecular flexibility index (Phi) is 4.51. The molecule has 0 N–H and O–H groups in total. The highest BCUT2D eigenvalue weighted by atomic mass is 79.9. The summed E-state index contributed by atoms with van der Waals surface area (Å²) >= 11 is 3.58. The lowest BCUT2D eigenvalue weighted by Crippen LogP contribution is -2.27. The smallest absolute Gasteiger partial charge is 0.119 e. The van der Waals surface area contributed by atoms with Crippen LogP contribution in [0.3, 0.4) is 0 Å². The van der Waals surface area contributed by atoms with Crippen LogP contribution in [-0.4, -0.2) is 11.9 Å². The van der Waals surface area contributed by atoms with E-state index in [1.54, 1.807) is 0 Å². The maximum Gasteiger partial charge on any atom is 0.119 e. The molecule has 0 fully saturated rings. The van der Waals surface area contributed by atoms with Crippen molar-refractivity contribution in [3.8, 4) is 5.75 Å². The summed E-state index contributed by atoms with van der Waals surface area (Å²) in [6, 6.07) is 14.6. The van der Waals surface area contributed by atoms with Gasteiger partial charge >= 0.3 is 0 Å². The van der Waals surface area contributed by atoms with Gasteiger partial charge in [0.15, 0.2) is 0 Å². The number of ether oxygens (including phenoxy) is 1. The van der Waals surface area contributed by atoms with E-state index >= 15 is 0 Å². The van der Waals surface area contributed by atoms with Gasteiger partial charge in [-0.25, -0.2) is 0 Å². The van der Waals surface area contributed by atoms with Gasteiger partial charge in [-0.05, 0) is 28.3 Å². The first-order valence-corrected chi connectivity index (χ1v) is 7.80. The summed E-state index contributed by atoms with van der Waals surface area (Å²) in [4.78, 5) is 0. The molecule has 2 aromatic rings. The van der Waals surface area contributed by atoms with Crippen molar-refractivity contribution >= 4 is 26.7 Å². The van der Waals surface area contributed by atoms with E-state index < -0.39 is 0 Å². The molecular weight excluding hydrogens is 300 g/mol. The van der Waals surface area contributed by atoms with Crippen molar-refractivity contribution in [1.82, 2.24) is 0 Å². The molecule has 0 aliphatic heterocycles. The predicted octanol–water partition coefficient (Wildman–Crippen LogP) is 5.28. The quantitative estimate of drug-likeness (QED) is 0.697. The fraction of sp³-hybridized carbons (Fsp3) is 0.412. The molecule has 0 heterocycles. The average molecular weight is 321 g/mol. The van der Waals surface area contributed by atoms with Gasteiger partial charge in [-0.3, -0.25) is 0 Å². The minimum Gasteiger partial charge on any atom is -0.493 e. The molecule has 1 unspecified atom stereocenters. The van der Waals surface area contributed by atoms with E-state index in [1.807, 2.05) is 0 Å². The first kappa shape index (κ1) is 14.4. The van der Waals surface area contributed by atoms with E-state index in [9.17, 15) is 0 Å². The number of alkyl halides is 1. The highest BCUT2D eigenvalue weighted by molar-refractivity contribution is 9.09. The molecule has 0 aliphatic carbocycles. The fourth-order valence-electron chi connectivity index (χ4n) is 1.98. The monoisotopic (exact) mass is 320 g/mol. The third-order valence-electron chi connectivity index (χ3n) is 3.58. The van der Waals surface area contributed by atoms with E-state index in [2.05, 4.69) is 79.2 Å². The second kappa shape index (κ2) is 5.96. The second-order valence-corrected chi connectivity index (χ2v) is 6.68. The van der Waals surface area contributed by atoms with Crippen molar-refractivity contribution in [2.24, 2.45) is 11.3 Å². The Morgan fingerprint density at radius 2 is 1.74 bits per heavy atom. The summed E-state index contributed by atoms with van der Waals surface area (Å²) in [6.45, 7) is 7.50. The third-order valence-corrected chi connectivity index (χ3v) is 4.36. The van der Waals surface area contributed by atoms with Crippen LogP contribution >= 0.6 is 15.9 Å². The van der Waals surface area contributed by atoms with Crippen LogP contribution in [0.2, 0.25) is 0 Å². The predicted molar refractivity (Wildman–Crippen MR) is 86.2 cm³/mol. The van der Waals surface area contributed by atoms with Crippen molar-refractivity contribution in [2.45, 2.75) is 20.8 Å². The highest BCUT2D eigenvalue weighted by Gasteiger charge is 2.24. The fourth-order valence-corrected chi connectivity index (χ4v) is 3.14. The molecule has 0 saturated heterocycles. The second-order valence-electron chi connectivity index (χ2n) is 6.04. The molecule has 1 atom stereocenters. The third kappa shape index (κ3) is 3.73. The molecule has 0 spiro atoms. The summed E-state index contributed by atoms with van der Waals surface area (Å²) in [5, 5.41) is 3.44. The molecule has 2 rings (SSSR count). The number of hydrogen-bond donors (Lipinski definition) is 0. The number of halogens is 1. The van der Waals surface area contributed by atoms with Crippen LogP contribution in [0.15, 0.2) is 42.5 Å². The molecule has 102 valence electrons. The van der Waals surface area contributed by atoms with Crippen LogP contribution in [0.25, 0.3) is 10.8 Å². The first-order valence-electron chi connectivity index (χ1n) is 6.68. The van der Waals surface area contributed by atoms with E-state index in [-0.39, 0.29) is 5.41 Å². The normalized spacial score (nSPS) is 13.5. The lowest BCUT2D eigenvalue weighted by Gasteiger charge is -2.29. The van der Waals surface area contributed by atoms with E-state index in [4.69, 9.17) is 4.74 Å². The van der Waals surface area contributed by atoms with Crippen LogP contribution < -0.4 is 4.74 Å². The van der Waals surface area contributed by atoms with Gasteiger partial charge in [0.2, 0.25) is 0 Å². The van der Waals surface area contributed by atoms with Crippen LogP contribution in [0, 0.1) is 11.3 Å². The Morgan fingerprint density at radius 3 is 2.37 bits per heavy atom. The Balaban J connectivity index is 2.09.